The van der Waals surface area contributed by atoms with Crippen molar-refractivity contribution in [3.63, 3.8) is 0 Å². The molecule has 1 fully saturated rings. The highest BCUT2D eigenvalue weighted by Gasteiger charge is 2.28. The molecule has 0 heterocycles. The molecule has 5 rings (SSSR count). The molecular formula is C35H34O6. The summed E-state index contributed by atoms with van der Waals surface area (Å²) in [7, 11) is 3.23. The fourth-order valence-electron chi connectivity index (χ4n) is 5.40. The van der Waals surface area contributed by atoms with E-state index in [9.17, 15) is 9.59 Å². The van der Waals surface area contributed by atoms with E-state index in [1.165, 1.54) is 11.1 Å². The van der Waals surface area contributed by atoms with Crippen LogP contribution in [0.3, 0.4) is 0 Å². The van der Waals surface area contributed by atoms with Crippen LogP contribution in [0, 0.1) is 0 Å². The lowest BCUT2D eigenvalue weighted by Crippen LogP contribution is -2.12. The van der Waals surface area contributed by atoms with E-state index in [2.05, 4.69) is 12.1 Å². The lowest BCUT2D eigenvalue weighted by atomic mass is 9.92. The predicted molar refractivity (Wildman–Crippen MR) is 158 cm³/mol. The Morgan fingerprint density at radius 2 is 1.00 bits per heavy atom. The molecule has 0 amide bonds. The molecule has 0 saturated heterocycles. The average Bonchev–Trinajstić information content (AvgIpc) is 3.53. The molecule has 2 atom stereocenters. The normalized spacial score (nSPS) is 16.1. The number of Topliss-reactive ketones (excluding diaryl/α,β-unsaturated/α-hetero) is 2. The number of methoxy groups -OCH3 is 2. The fourth-order valence-corrected chi connectivity index (χ4v) is 5.40. The summed E-state index contributed by atoms with van der Waals surface area (Å²) in [6.45, 7) is -0.0969. The van der Waals surface area contributed by atoms with Crippen LogP contribution in [0.15, 0.2) is 97.1 Å². The average molecular weight is 551 g/mol. The molecule has 0 N–H and O–H groups in total. The maximum Gasteiger partial charge on any atom is 0.200 e. The first-order chi connectivity index (χ1) is 20.1. The van der Waals surface area contributed by atoms with Crippen molar-refractivity contribution in [1.82, 2.24) is 0 Å². The maximum absolute atomic E-state index is 12.5. The van der Waals surface area contributed by atoms with Crippen molar-refractivity contribution < 1.29 is 28.5 Å². The smallest absolute Gasteiger partial charge is 0.200 e. The molecule has 0 unspecified atom stereocenters. The highest BCUT2D eigenvalue weighted by molar-refractivity contribution is 5.97. The van der Waals surface area contributed by atoms with Crippen LogP contribution in [-0.2, 0) is 0 Å². The zero-order chi connectivity index (χ0) is 28.6. The van der Waals surface area contributed by atoms with Crippen molar-refractivity contribution >= 4 is 11.6 Å². The monoisotopic (exact) mass is 550 g/mol. The molecule has 0 spiro atoms. The van der Waals surface area contributed by atoms with Crippen LogP contribution in [0.25, 0.3) is 0 Å². The largest absolute Gasteiger partial charge is 0.493 e. The summed E-state index contributed by atoms with van der Waals surface area (Å²) in [5.74, 6) is 2.95. The van der Waals surface area contributed by atoms with Gasteiger partial charge in [-0.3, -0.25) is 9.59 Å². The van der Waals surface area contributed by atoms with Gasteiger partial charge in [0.1, 0.15) is 0 Å². The molecule has 6 heteroatoms. The van der Waals surface area contributed by atoms with E-state index in [-0.39, 0.29) is 24.8 Å². The molecule has 0 aromatic heterocycles. The lowest BCUT2D eigenvalue weighted by molar-refractivity contribution is 0.0912. The molecule has 1 aliphatic carbocycles. The number of hydrogen-bond acceptors (Lipinski definition) is 6. The molecule has 4 aromatic rings. The van der Waals surface area contributed by atoms with Gasteiger partial charge in [-0.2, -0.15) is 0 Å². The van der Waals surface area contributed by atoms with Gasteiger partial charge in [-0.15, -0.1) is 0 Å². The van der Waals surface area contributed by atoms with Gasteiger partial charge in [-0.05, 0) is 66.5 Å². The standard InChI is InChI=1S/C35H34O6/c1-38-34-20-28(15-17-32(34)40-22-30(36)24-9-5-3-6-10-24)26-13-14-27(19-26)29-16-18-33(35(21-29)39-2)41-23-31(37)25-11-7-4-8-12-25/h3-12,15-18,20-21,26-27H,13-14,19,22-23H2,1-2H3/t26-,27+. The van der Waals surface area contributed by atoms with Crippen molar-refractivity contribution in [2.75, 3.05) is 27.4 Å². The van der Waals surface area contributed by atoms with Gasteiger partial charge in [0, 0.05) is 11.1 Å². The summed E-state index contributed by atoms with van der Waals surface area (Å²) in [6, 6.07) is 30.2. The van der Waals surface area contributed by atoms with Gasteiger partial charge in [0.15, 0.2) is 47.8 Å². The topological polar surface area (TPSA) is 71.1 Å². The van der Waals surface area contributed by atoms with Crippen molar-refractivity contribution in [2.24, 2.45) is 0 Å². The number of ether oxygens (including phenoxy) is 4. The lowest BCUT2D eigenvalue weighted by Gasteiger charge is -2.17. The van der Waals surface area contributed by atoms with Crippen molar-refractivity contribution in [3.8, 4) is 23.0 Å². The summed E-state index contributed by atoms with van der Waals surface area (Å²) < 4.78 is 22.9. The number of hydrogen-bond donors (Lipinski definition) is 0. The predicted octanol–water partition coefficient (Wildman–Crippen LogP) is 7.28. The minimum absolute atomic E-state index is 0.0484. The highest BCUT2D eigenvalue weighted by Crippen LogP contribution is 2.46. The minimum Gasteiger partial charge on any atom is -0.493 e. The van der Waals surface area contributed by atoms with Gasteiger partial charge in [0.2, 0.25) is 0 Å². The summed E-state index contributed by atoms with van der Waals surface area (Å²) in [5.41, 5.74) is 3.63. The maximum atomic E-state index is 12.5. The van der Waals surface area contributed by atoms with Crippen molar-refractivity contribution in [2.45, 2.75) is 31.1 Å². The zero-order valence-corrected chi connectivity index (χ0v) is 23.4. The van der Waals surface area contributed by atoms with E-state index < -0.39 is 0 Å². The molecule has 0 radical (unpaired) electrons. The SMILES string of the molecule is COc1cc([C@@H]2CC[C@H](c3ccc(OCC(=O)c4ccccc4)c(OC)c3)C2)ccc1OCC(=O)c1ccccc1. The first-order valence-corrected chi connectivity index (χ1v) is 13.8. The summed E-state index contributed by atoms with van der Waals surface area (Å²) >= 11 is 0. The molecule has 1 saturated carbocycles. The number of carbonyl (C=O) groups excluding carboxylic acids is 2. The Morgan fingerprint density at radius 1 is 0.585 bits per heavy atom. The van der Waals surface area contributed by atoms with E-state index in [1.807, 2.05) is 60.7 Å². The first-order valence-electron chi connectivity index (χ1n) is 13.8. The molecule has 1 aliphatic rings. The second-order valence-corrected chi connectivity index (χ2v) is 10.2. The molecule has 0 aliphatic heterocycles. The van der Waals surface area contributed by atoms with E-state index in [0.29, 0.717) is 46.0 Å². The van der Waals surface area contributed by atoms with E-state index in [0.717, 1.165) is 19.3 Å². The van der Waals surface area contributed by atoms with E-state index >= 15 is 0 Å². The van der Waals surface area contributed by atoms with Crippen LogP contribution in [-0.4, -0.2) is 39.0 Å². The van der Waals surface area contributed by atoms with Crippen LogP contribution < -0.4 is 18.9 Å². The fraction of sp³-hybridized carbons (Fsp3) is 0.257. The minimum atomic E-state index is -0.0787. The second kappa shape index (κ2) is 13.2. The van der Waals surface area contributed by atoms with Gasteiger partial charge in [0.05, 0.1) is 14.2 Å². The number of benzene rings is 4. The van der Waals surface area contributed by atoms with E-state index in [4.69, 9.17) is 18.9 Å². The summed E-state index contributed by atoms with van der Waals surface area (Å²) in [6.07, 6.45) is 3.09. The Labute approximate surface area is 240 Å². The third-order valence-electron chi connectivity index (χ3n) is 7.66. The second-order valence-electron chi connectivity index (χ2n) is 10.2. The third-order valence-corrected chi connectivity index (χ3v) is 7.66. The Balaban J connectivity index is 1.21. The van der Waals surface area contributed by atoms with Crippen LogP contribution in [0.4, 0.5) is 0 Å². The van der Waals surface area contributed by atoms with Crippen LogP contribution in [0.1, 0.15) is 62.9 Å². The first kappa shape index (κ1) is 28.0. The number of ketones is 2. The molecule has 6 nitrogen and oxygen atoms in total. The summed E-state index contributed by atoms with van der Waals surface area (Å²) in [4.78, 5) is 24.9. The van der Waals surface area contributed by atoms with Crippen LogP contribution in [0.5, 0.6) is 23.0 Å². The molecule has 210 valence electrons. The highest BCUT2D eigenvalue weighted by atomic mass is 16.5. The third kappa shape index (κ3) is 6.77. The molecule has 4 aromatic carbocycles. The van der Waals surface area contributed by atoms with Gasteiger partial charge < -0.3 is 18.9 Å². The Kier molecular flexibility index (Phi) is 8.99. The summed E-state index contributed by atoms with van der Waals surface area (Å²) in [5, 5.41) is 0. The van der Waals surface area contributed by atoms with Crippen molar-refractivity contribution in [3.05, 3.63) is 119 Å². The van der Waals surface area contributed by atoms with Gasteiger partial charge in [-0.25, -0.2) is 0 Å². The van der Waals surface area contributed by atoms with Crippen LogP contribution >= 0.6 is 0 Å². The van der Waals surface area contributed by atoms with Crippen LogP contribution in [0.2, 0.25) is 0 Å². The quantitative estimate of drug-likeness (QED) is 0.173. The van der Waals surface area contributed by atoms with E-state index in [1.54, 1.807) is 38.5 Å². The Morgan fingerprint density at radius 3 is 1.39 bits per heavy atom. The van der Waals surface area contributed by atoms with Gasteiger partial charge >= 0.3 is 0 Å². The zero-order valence-electron chi connectivity index (χ0n) is 23.4. The molecule has 0 bridgehead atoms. The Bertz CT molecular complexity index is 1370. The number of carbonyl (C=O) groups is 2. The molecule has 41 heavy (non-hydrogen) atoms. The Hall–Kier alpha value is -4.58. The number of rotatable bonds is 12. The van der Waals surface area contributed by atoms with Gasteiger partial charge in [-0.1, -0.05) is 72.8 Å². The molecular weight excluding hydrogens is 516 g/mol. The van der Waals surface area contributed by atoms with Crippen molar-refractivity contribution in [1.29, 1.82) is 0 Å². The van der Waals surface area contributed by atoms with Gasteiger partial charge in [0.25, 0.3) is 0 Å².